The maximum Gasteiger partial charge on any atom is 0.369 e. The standard InChI is InChI=1S/C8H7NO5S/c1-14-5-2-3-7(15-8(10)11)6(4-5)9(12)13/h2-4H,1H3,(H,10,11). The Balaban J connectivity index is 3.15. The van der Waals surface area contributed by atoms with Gasteiger partial charge in [-0.05, 0) is 23.9 Å². The van der Waals surface area contributed by atoms with Crippen molar-refractivity contribution >= 4 is 22.8 Å². The van der Waals surface area contributed by atoms with E-state index in [1.54, 1.807) is 0 Å². The van der Waals surface area contributed by atoms with Gasteiger partial charge in [-0.1, -0.05) is 0 Å². The first-order valence-electron chi connectivity index (χ1n) is 3.78. The van der Waals surface area contributed by atoms with Gasteiger partial charge in [0.25, 0.3) is 5.69 Å². The highest BCUT2D eigenvalue weighted by atomic mass is 32.2. The van der Waals surface area contributed by atoms with Crippen molar-refractivity contribution in [3.8, 4) is 5.75 Å². The number of hydrogen-bond acceptors (Lipinski definition) is 5. The summed E-state index contributed by atoms with van der Waals surface area (Å²) in [5.41, 5.74) is -0.276. The molecule has 0 aliphatic rings. The van der Waals surface area contributed by atoms with Gasteiger partial charge in [0.2, 0.25) is 0 Å². The number of methoxy groups -OCH3 is 1. The maximum atomic E-state index is 10.6. The lowest BCUT2D eigenvalue weighted by Crippen LogP contribution is -1.94. The number of nitro groups is 1. The van der Waals surface area contributed by atoms with Crippen molar-refractivity contribution in [3.63, 3.8) is 0 Å². The largest absolute Gasteiger partial charge is 0.497 e. The molecule has 80 valence electrons. The molecule has 0 spiro atoms. The molecule has 0 bridgehead atoms. The molecule has 0 atom stereocenters. The monoisotopic (exact) mass is 229 g/mol. The third-order valence-electron chi connectivity index (χ3n) is 1.56. The molecule has 0 saturated carbocycles. The molecule has 0 aliphatic heterocycles. The fourth-order valence-electron chi connectivity index (χ4n) is 0.947. The van der Waals surface area contributed by atoms with Gasteiger partial charge in [-0.3, -0.25) is 10.1 Å². The van der Waals surface area contributed by atoms with E-state index in [2.05, 4.69) is 0 Å². The van der Waals surface area contributed by atoms with Crippen molar-refractivity contribution in [1.29, 1.82) is 0 Å². The molecule has 0 amide bonds. The van der Waals surface area contributed by atoms with E-state index in [9.17, 15) is 14.9 Å². The molecule has 1 N–H and O–H groups in total. The highest BCUT2D eigenvalue weighted by Crippen LogP contribution is 2.32. The Hall–Kier alpha value is -1.76. The number of thioether (sulfide) groups is 1. The summed E-state index contributed by atoms with van der Waals surface area (Å²) >= 11 is 0.392. The van der Waals surface area contributed by atoms with Crippen LogP contribution < -0.4 is 4.74 Å². The summed E-state index contributed by atoms with van der Waals surface area (Å²) in [6.45, 7) is 0. The van der Waals surface area contributed by atoms with E-state index >= 15 is 0 Å². The topological polar surface area (TPSA) is 89.7 Å². The minimum absolute atomic E-state index is 0.0771. The van der Waals surface area contributed by atoms with Crippen LogP contribution in [0.3, 0.4) is 0 Å². The second-order valence-electron chi connectivity index (χ2n) is 2.46. The van der Waals surface area contributed by atoms with Crippen LogP contribution in [0.25, 0.3) is 0 Å². The van der Waals surface area contributed by atoms with E-state index < -0.39 is 10.2 Å². The number of carboxylic acid groups (broad SMARTS) is 1. The fraction of sp³-hybridized carbons (Fsp3) is 0.125. The molecule has 7 heteroatoms. The normalized spacial score (nSPS) is 9.67. The molecule has 1 rings (SSSR count). The van der Waals surface area contributed by atoms with E-state index in [1.807, 2.05) is 0 Å². The van der Waals surface area contributed by atoms with Crippen molar-refractivity contribution in [3.05, 3.63) is 28.3 Å². The molecule has 1 aromatic rings. The quantitative estimate of drug-likeness (QED) is 0.486. The summed E-state index contributed by atoms with van der Waals surface area (Å²) in [5, 5.41) is 17.9. The van der Waals surface area contributed by atoms with Crippen LogP contribution in [0, 0.1) is 10.1 Å². The Morgan fingerprint density at radius 3 is 2.73 bits per heavy atom. The fourth-order valence-corrected chi connectivity index (χ4v) is 1.51. The van der Waals surface area contributed by atoms with Crippen LogP contribution in [-0.4, -0.2) is 22.4 Å². The smallest absolute Gasteiger partial charge is 0.369 e. The lowest BCUT2D eigenvalue weighted by molar-refractivity contribution is -0.387. The highest BCUT2D eigenvalue weighted by molar-refractivity contribution is 8.13. The van der Waals surface area contributed by atoms with E-state index in [4.69, 9.17) is 9.84 Å². The first-order valence-corrected chi connectivity index (χ1v) is 4.59. The number of nitrogens with zero attached hydrogens (tertiary/aromatic N) is 1. The minimum Gasteiger partial charge on any atom is -0.497 e. The Kier molecular flexibility index (Phi) is 3.51. The minimum atomic E-state index is -1.19. The summed E-state index contributed by atoms with van der Waals surface area (Å²) in [6, 6.07) is 4.00. The van der Waals surface area contributed by atoms with E-state index in [-0.39, 0.29) is 10.6 Å². The molecule has 0 saturated heterocycles. The van der Waals surface area contributed by atoms with Crippen LogP contribution in [0.1, 0.15) is 0 Å². The van der Waals surface area contributed by atoms with Gasteiger partial charge in [0.15, 0.2) is 0 Å². The Morgan fingerprint density at radius 1 is 1.60 bits per heavy atom. The Labute approximate surface area is 89.0 Å². The summed E-state index contributed by atoms with van der Waals surface area (Å²) in [7, 11) is 1.38. The molecule has 0 heterocycles. The van der Waals surface area contributed by atoms with E-state index in [0.29, 0.717) is 17.5 Å². The molecular formula is C8H7NO5S. The van der Waals surface area contributed by atoms with Crippen molar-refractivity contribution in [1.82, 2.24) is 0 Å². The Bertz CT molecular complexity index is 406. The zero-order valence-electron chi connectivity index (χ0n) is 7.67. The van der Waals surface area contributed by atoms with Crippen LogP contribution in [0.2, 0.25) is 0 Å². The first kappa shape index (κ1) is 11.3. The molecule has 1 aromatic carbocycles. The second-order valence-corrected chi connectivity index (χ2v) is 3.45. The first-order chi connectivity index (χ1) is 7.04. The lowest BCUT2D eigenvalue weighted by atomic mass is 10.3. The number of hydrogen-bond donors (Lipinski definition) is 1. The predicted octanol–water partition coefficient (Wildman–Crippen LogP) is 2.37. The van der Waals surface area contributed by atoms with Crippen LogP contribution >= 0.6 is 11.8 Å². The number of rotatable bonds is 3. The Morgan fingerprint density at radius 2 is 2.27 bits per heavy atom. The molecule has 6 nitrogen and oxygen atoms in total. The van der Waals surface area contributed by atoms with Gasteiger partial charge in [-0.15, -0.1) is 0 Å². The third kappa shape index (κ3) is 2.84. The van der Waals surface area contributed by atoms with Crippen LogP contribution in [0.15, 0.2) is 23.1 Å². The van der Waals surface area contributed by atoms with E-state index in [1.165, 1.54) is 25.3 Å². The van der Waals surface area contributed by atoms with Gasteiger partial charge in [-0.25, -0.2) is 4.79 Å². The van der Waals surface area contributed by atoms with Crippen molar-refractivity contribution in [2.45, 2.75) is 4.90 Å². The SMILES string of the molecule is COc1ccc(SC(=O)O)c([N+](=O)[O-])c1. The number of carbonyl (C=O) groups is 1. The number of benzene rings is 1. The van der Waals surface area contributed by atoms with Crippen molar-refractivity contribution in [2.75, 3.05) is 7.11 Å². The molecule has 0 aromatic heterocycles. The highest BCUT2D eigenvalue weighted by Gasteiger charge is 2.17. The average Bonchev–Trinajstić information content (AvgIpc) is 2.17. The number of nitro benzene ring substituents is 1. The predicted molar refractivity (Wildman–Crippen MR) is 53.5 cm³/mol. The zero-order valence-corrected chi connectivity index (χ0v) is 8.48. The maximum absolute atomic E-state index is 10.6. The van der Waals surface area contributed by atoms with Gasteiger partial charge in [0.1, 0.15) is 5.75 Å². The third-order valence-corrected chi connectivity index (χ3v) is 2.30. The summed E-state index contributed by atoms with van der Waals surface area (Å²) in [5.74, 6) is 0.316. The summed E-state index contributed by atoms with van der Waals surface area (Å²) in [6.07, 6.45) is 0. The van der Waals surface area contributed by atoms with Gasteiger partial charge in [-0.2, -0.15) is 0 Å². The molecule has 0 aliphatic carbocycles. The van der Waals surface area contributed by atoms with Gasteiger partial charge in [0, 0.05) is 0 Å². The molecular weight excluding hydrogens is 222 g/mol. The molecule has 15 heavy (non-hydrogen) atoms. The van der Waals surface area contributed by atoms with Crippen molar-refractivity contribution in [2.24, 2.45) is 0 Å². The van der Waals surface area contributed by atoms with Crippen LogP contribution in [0.5, 0.6) is 5.75 Å². The second kappa shape index (κ2) is 4.65. The molecule has 0 radical (unpaired) electrons. The van der Waals surface area contributed by atoms with Gasteiger partial charge < -0.3 is 9.84 Å². The number of ether oxygens (including phenoxy) is 1. The molecule has 0 fully saturated rings. The van der Waals surface area contributed by atoms with Crippen molar-refractivity contribution < 1.29 is 19.6 Å². The summed E-state index contributed by atoms with van der Waals surface area (Å²) < 4.78 is 4.80. The lowest BCUT2D eigenvalue weighted by Gasteiger charge is -2.02. The van der Waals surface area contributed by atoms with Crippen LogP contribution in [-0.2, 0) is 0 Å². The van der Waals surface area contributed by atoms with Gasteiger partial charge >= 0.3 is 5.30 Å². The average molecular weight is 229 g/mol. The van der Waals surface area contributed by atoms with Crippen LogP contribution in [0.4, 0.5) is 10.5 Å². The summed E-state index contributed by atoms with van der Waals surface area (Å²) in [4.78, 5) is 20.5. The van der Waals surface area contributed by atoms with E-state index in [0.717, 1.165) is 0 Å². The molecule has 0 unspecified atom stereocenters. The van der Waals surface area contributed by atoms with Gasteiger partial charge in [0.05, 0.1) is 23.0 Å². The zero-order chi connectivity index (χ0) is 11.4.